The molecule has 3 nitrogen and oxygen atoms in total. The lowest BCUT2D eigenvalue weighted by Crippen LogP contribution is -2.30. The van der Waals surface area contributed by atoms with E-state index >= 15 is 0 Å². The summed E-state index contributed by atoms with van der Waals surface area (Å²) in [7, 11) is 0. The zero-order chi connectivity index (χ0) is 20.7. The predicted molar refractivity (Wildman–Crippen MR) is 108 cm³/mol. The standard InChI is InChI=1S/C23H21F3N2O/c24-23(25,26)19-12-7-13-20(16-19)28-22(29)27-15-14-21(17-8-3-1-4-9-17)18-10-5-2-6-11-18/h1-13,16,21H,14-15H2,(H2,27,28,29). The van der Waals surface area contributed by atoms with Gasteiger partial charge < -0.3 is 10.6 Å². The summed E-state index contributed by atoms with van der Waals surface area (Å²) in [5.41, 5.74) is 1.57. The Labute approximate surface area is 167 Å². The third-order valence-corrected chi connectivity index (χ3v) is 4.57. The highest BCUT2D eigenvalue weighted by molar-refractivity contribution is 5.89. The van der Waals surface area contributed by atoms with Gasteiger partial charge in [0.05, 0.1) is 5.56 Å². The maximum absolute atomic E-state index is 12.8. The van der Waals surface area contributed by atoms with Crippen molar-refractivity contribution in [2.75, 3.05) is 11.9 Å². The minimum absolute atomic E-state index is 0.0972. The maximum atomic E-state index is 12.8. The van der Waals surface area contributed by atoms with Crippen LogP contribution >= 0.6 is 0 Å². The van der Waals surface area contributed by atoms with Crippen molar-refractivity contribution in [3.63, 3.8) is 0 Å². The average molecular weight is 398 g/mol. The van der Waals surface area contributed by atoms with Crippen molar-refractivity contribution < 1.29 is 18.0 Å². The maximum Gasteiger partial charge on any atom is 0.416 e. The van der Waals surface area contributed by atoms with E-state index < -0.39 is 17.8 Å². The molecule has 0 atom stereocenters. The summed E-state index contributed by atoms with van der Waals surface area (Å²) in [5.74, 6) is 0.103. The van der Waals surface area contributed by atoms with Crippen LogP contribution in [0.3, 0.4) is 0 Å². The highest BCUT2D eigenvalue weighted by Crippen LogP contribution is 2.30. The minimum Gasteiger partial charge on any atom is -0.338 e. The fourth-order valence-corrected chi connectivity index (χ4v) is 3.18. The first kappa shape index (κ1) is 20.5. The van der Waals surface area contributed by atoms with E-state index in [1.807, 2.05) is 60.7 Å². The molecule has 0 heterocycles. The number of rotatable bonds is 6. The monoisotopic (exact) mass is 398 g/mol. The highest BCUT2D eigenvalue weighted by atomic mass is 19.4. The van der Waals surface area contributed by atoms with Gasteiger partial charge in [0, 0.05) is 18.2 Å². The van der Waals surface area contributed by atoms with Crippen LogP contribution < -0.4 is 10.6 Å². The Morgan fingerprint density at radius 2 is 1.41 bits per heavy atom. The van der Waals surface area contributed by atoms with E-state index in [0.29, 0.717) is 13.0 Å². The number of hydrogen-bond donors (Lipinski definition) is 2. The van der Waals surface area contributed by atoms with Gasteiger partial charge in [-0.3, -0.25) is 0 Å². The number of amides is 2. The second kappa shape index (κ2) is 9.28. The van der Waals surface area contributed by atoms with Crippen molar-refractivity contribution in [2.24, 2.45) is 0 Å². The van der Waals surface area contributed by atoms with Crippen LogP contribution in [0.4, 0.5) is 23.7 Å². The number of anilines is 1. The van der Waals surface area contributed by atoms with Crippen LogP contribution in [0.2, 0.25) is 0 Å². The summed E-state index contributed by atoms with van der Waals surface area (Å²) in [6, 6.07) is 24.0. The van der Waals surface area contributed by atoms with Gasteiger partial charge in [-0.2, -0.15) is 13.2 Å². The van der Waals surface area contributed by atoms with Gasteiger partial charge in [-0.15, -0.1) is 0 Å². The smallest absolute Gasteiger partial charge is 0.338 e. The van der Waals surface area contributed by atoms with Gasteiger partial charge in [0.15, 0.2) is 0 Å². The molecule has 0 saturated heterocycles. The lowest BCUT2D eigenvalue weighted by atomic mass is 9.88. The van der Waals surface area contributed by atoms with Crippen molar-refractivity contribution >= 4 is 11.7 Å². The van der Waals surface area contributed by atoms with Crippen LogP contribution in [0.5, 0.6) is 0 Å². The van der Waals surface area contributed by atoms with Crippen LogP contribution in [0, 0.1) is 0 Å². The molecule has 0 unspecified atom stereocenters. The molecule has 2 amide bonds. The normalized spacial score (nSPS) is 11.3. The number of halogens is 3. The van der Waals surface area contributed by atoms with Gasteiger partial charge in [0.2, 0.25) is 0 Å². The Bertz CT molecular complexity index is 888. The molecule has 0 aromatic heterocycles. The van der Waals surface area contributed by atoms with Crippen molar-refractivity contribution in [1.29, 1.82) is 0 Å². The molecule has 0 fully saturated rings. The van der Waals surface area contributed by atoms with Crippen LogP contribution in [0.15, 0.2) is 84.9 Å². The lowest BCUT2D eigenvalue weighted by Gasteiger charge is -2.18. The van der Waals surface area contributed by atoms with Gasteiger partial charge in [0.25, 0.3) is 0 Å². The van der Waals surface area contributed by atoms with Gasteiger partial charge in [0.1, 0.15) is 0 Å². The van der Waals surface area contributed by atoms with E-state index in [1.54, 1.807) is 0 Å². The van der Waals surface area contributed by atoms with E-state index in [1.165, 1.54) is 12.1 Å². The number of nitrogens with one attached hydrogen (secondary N) is 2. The van der Waals surface area contributed by atoms with E-state index in [0.717, 1.165) is 23.3 Å². The first-order chi connectivity index (χ1) is 13.9. The first-order valence-corrected chi connectivity index (χ1v) is 9.25. The molecule has 0 radical (unpaired) electrons. The van der Waals surface area contributed by atoms with Crippen molar-refractivity contribution in [3.05, 3.63) is 102 Å². The number of benzene rings is 3. The Balaban J connectivity index is 1.61. The third-order valence-electron chi connectivity index (χ3n) is 4.57. The molecule has 6 heteroatoms. The summed E-state index contributed by atoms with van der Waals surface area (Å²) in [5, 5.41) is 5.19. The zero-order valence-electron chi connectivity index (χ0n) is 15.6. The second-order valence-electron chi connectivity index (χ2n) is 6.62. The first-order valence-electron chi connectivity index (χ1n) is 9.25. The molecule has 150 valence electrons. The fraction of sp³-hybridized carbons (Fsp3) is 0.174. The number of urea groups is 1. The van der Waals surface area contributed by atoms with Gasteiger partial charge in [-0.1, -0.05) is 66.7 Å². The molecule has 0 aliphatic heterocycles. The molecule has 2 N–H and O–H groups in total. The molecule has 3 aromatic carbocycles. The van der Waals surface area contributed by atoms with Gasteiger partial charge in [-0.05, 0) is 35.7 Å². The summed E-state index contributed by atoms with van der Waals surface area (Å²) in [6.45, 7) is 0.374. The summed E-state index contributed by atoms with van der Waals surface area (Å²) in [4.78, 5) is 12.1. The van der Waals surface area contributed by atoms with Crippen LogP contribution in [0.25, 0.3) is 0 Å². The molecule has 0 spiro atoms. The highest BCUT2D eigenvalue weighted by Gasteiger charge is 2.30. The summed E-state index contributed by atoms with van der Waals surface area (Å²) in [6.07, 6.45) is -3.79. The molecule has 29 heavy (non-hydrogen) atoms. The fourth-order valence-electron chi connectivity index (χ4n) is 3.18. The van der Waals surface area contributed by atoms with E-state index in [9.17, 15) is 18.0 Å². The number of alkyl halides is 3. The van der Waals surface area contributed by atoms with Crippen molar-refractivity contribution in [2.45, 2.75) is 18.5 Å². The van der Waals surface area contributed by atoms with Crippen LogP contribution in [-0.4, -0.2) is 12.6 Å². The molecule has 0 bridgehead atoms. The number of hydrogen-bond acceptors (Lipinski definition) is 1. The van der Waals surface area contributed by atoms with Gasteiger partial charge >= 0.3 is 12.2 Å². The Hall–Kier alpha value is -3.28. The zero-order valence-corrected chi connectivity index (χ0v) is 15.6. The molecule has 0 aliphatic carbocycles. The number of carbonyl (C=O) groups is 1. The van der Waals surface area contributed by atoms with E-state index in [-0.39, 0.29) is 11.6 Å². The Morgan fingerprint density at radius 1 is 0.828 bits per heavy atom. The Morgan fingerprint density at radius 3 is 1.97 bits per heavy atom. The average Bonchev–Trinajstić information content (AvgIpc) is 2.72. The molecular formula is C23H21F3N2O. The third kappa shape index (κ3) is 5.85. The SMILES string of the molecule is O=C(NCCC(c1ccccc1)c1ccccc1)Nc1cccc(C(F)(F)F)c1. The largest absolute Gasteiger partial charge is 0.416 e. The van der Waals surface area contributed by atoms with Crippen molar-refractivity contribution in [1.82, 2.24) is 5.32 Å². The Kier molecular flexibility index (Phi) is 6.54. The predicted octanol–water partition coefficient (Wildman–Crippen LogP) is 6.05. The van der Waals surface area contributed by atoms with Gasteiger partial charge in [-0.25, -0.2) is 4.79 Å². The van der Waals surface area contributed by atoms with E-state index in [2.05, 4.69) is 10.6 Å². The lowest BCUT2D eigenvalue weighted by molar-refractivity contribution is -0.137. The van der Waals surface area contributed by atoms with Crippen LogP contribution in [0.1, 0.15) is 29.0 Å². The molecule has 3 rings (SSSR count). The topological polar surface area (TPSA) is 41.1 Å². The minimum atomic E-state index is -4.45. The second-order valence-corrected chi connectivity index (χ2v) is 6.62. The van der Waals surface area contributed by atoms with Crippen LogP contribution in [-0.2, 0) is 6.18 Å². The number of carbonyl (C=O) groups excluding carboxylic acids is 1. The van der Waals surface area contributed by atoms with E-state index in [4.69, 9.17) is 0 Å². The molecule has 3 aromatic rings. The van der Waals surface area contributed by atoms with Crippen molar-refractivity contribution in [3.8, 4) is 0 Å². The molecular weight excluding hydrogens is 377 g/mol. The molecule has 0 aliphatic rings. The molecule has 0 saturated carbocycles. The summed E-state index contributed by atoms with van der Waals surface area (Å²) >= 11 is 0. The quantitative estimate of drug-likeness (QED) is 0.521. The summed E-state index contributed by atoms with van der Waals surface area (Å²) < 4.78 is 38.4.